The van der Waals surface area contributed by atoms with E-state index in [0.717, 1.165) is 6.42 Å². The van der Waals surface area contributed by atoms with E-state index in [2.05, 4.69) is 15.3 Å². The molecule has 5 nitrogen and oxygen atoms in total. The van der Waals surface area contributed by atoms with Gasteiger partial charge >= 0.3 is 0 Å². The van der Waals surface area contributed by atoms with Crippen LogP contribution in [0.2, 0.25) is 5.15 Å². The number of hydrogen-bond acceptors (Lipinski definition) is 5. The first-order valence-corrected chi connectivity index (χ1v) is 6.52. The molecule has 2 N–H and O–H groups in total. The molecule has 6 heteroatoms. The molecule has 0 amide bonds. The smallest absolute Gasteiger partial charge is 0.134 e. The Balaban J connectivity index is 2.04. The molecule has 1 fully saturated rings. The van der Waals surface area contributed by atoms with Gasteiger partial charge in [0.2, 0.25) is 0 Å². The van der Waals surface area contributed by atoms with Gasteiger partial charge in [-0.25, -0.2) is 9.97 Å². The molecule has 0 spiro atoms. The Hall–Kier alpha value is -0.910. The SMILES string of the molecule is CCc1nc(Cl)cc(NCC2(O)CCOC2C)n1. The lowest BCUT2D eigenvalue weighted by atomic mass is 9.97. The van der Waals surface area contributed by atoms with Crippen molar-refractivity contribution in [3.8, 4) is 0 Å². The fourth-order valence-electron chi connectivity index (χ4n) is 1.96. The van der Waals surface area contributed by atoms with Crippen molar-refractivity contribution in [3.63, 3.8) is 0 Å². The van der Waals surface area contributed by atoms with Crippen molar-refractivity contribution < 1.29 is 9.84 Å². The van der Waals surface area contributed by atoms with Crippen molar-refractivity contribution in [2.24, 2.45) is 0 Å². The van der Waals surface area contributed by atoms with E-state index in [4.69, 9.17) is 16.3 Å². The lowest BCUT2D eigenvalue weighted by Gasteiger charge is -2.26. The van der Waals surface area contributed by atoms with E-state index in [-0.39, 0.29) is 6.10 Å². The number of halogens is 1. The predicted molar refractivity (Wildman–Crippen MR) is 69.9 cm³/mol. The van der Waals surface area contributed by atoms with E-state index in [0.29, 0.717) is 36.4 Å². The van der Waals surface area contributed by atoms with Gasteiger partial charge in [-0.3, -0.25) is 0 Å². The summed E-state index contributed by atoms with van der Waals surface area (Å²) in [5.74, 6) is 1.33. The summed E-state index contributed by atoms with van der Waals surface area (Å²) in [5, 5.41) is 13.9. The minimum atomic E-state index is -0.843. The van der Waals surface area contributed by atoms with Crippen LogP contribution in [0.15, 0.2) is 6.07 Å². The van der Waals surface area contributed by atoms with Crippen molar-refractivity contribution in [3.05, 3.63) is 17.0 Å². The van der Waals surface area contributed by atoms with Gasteiger partial charge < -0.3 is 15.2 Å². The van der Waals surface area contributed by atoms with Gasteiger partial charge in [-0.2, -0.15) is 0 Å². The third-order valence-electron chi connectivity index (χ3n) is 3.29. The van der Waals surface area contributed by atoms with Crippen LogP contribution in [0.4, 0.5) is 5.82 Å². The van der Waals surface area contributed by atoms with Gasteiger partial charge in [0, 0.05) is 32.1 Å². The molecule has 18 heavy (non-hydrogen) atoms. The summed E-state index contributed by atoms with van der Waals surface area (Å²) in [4.78, 5) is 8.40. The quantitative estimate of drug-likeness (QED) is 0.815. The summed E-state index contributed by atoms with van der Waals surface area (Å²) in [5.41, 5.74) is -0.843. The highest BCUT2D eigenvalue weighted by molar-refractivity contribution is 6.29. The van der Waals surface area contributed by atoms with Crippen LogP contribution in [0.3, 0.4) is 0 Å². The number of ether oxygens (including phenoxy) is 1. The average molecular weight is 272 g/mol. The number of hydrogen-bond donors (Lipinski definition) is 2. The maximum absolute atomic E-state index is 10.4. The maximum Gasteiger partial charge on any atom is 0.134 e. The molecule has 0 aromatic carbocycles. The highest BCUT2D eigenvalue weighted by Gasteiger charge is 2.39. The van der Waals surface area contributed by atoms with Gasteiger partial charge in [0.05, 0.1) is 6.10 Å². The van der Waals surface area contributed by atoms with E-state index < -0.39 is 5.60 Å². The largest absolute Gasteiger partial charge is 0.385 e. The molecular weight excluding hydrogens is 254 g/mol. The molecule has 0 bridgehead atoms. The second-order valence-corrected chi connectivity index (χ2v) is 4.95. The average Bonchev–Trinajstić information content (AvgIpc) is 2.67. The van der Waals surface area contributed by atoms with Gasteiger partial charge in [-0.1, -0.05) is 18.5 Å². The molecule has 1 aliphatic rings. The van der Waals surface area contributed by atoms with E-state index in [9.17, 15) is 5.11 Å². The van der Waals surface area contributed by atoms with Crippen LogP contribution in [-0.4, -0.2) is 39.9 Å². The minimum Gasteiger partial charge on any atom is -0.385 e. The summed E-state index contributed by atoms with van der Waals surface area (Å²) in [6.45, 7) is 4.82. The van der Waals surface area contributed by atoms with E-state index >= 15 is 0 Å². The third-order valence-corrected chi connectivity index (χ3v) is 3.49. The summed E-state index contributed by atoms with van der Waals surface area (Å²) in [6.07, 6.45) is 1.17. The number of aryl methyl sites for hydroxylation is 1. The highest BCUT2D eigenvalue weighted by Crippen LogP contribution is 2.26. The van der Waals surface area contributed by atoms with Crippen molar-refractivity contribution in [1.29, 1.82) is 0 Å². The molecule has 1 saturated heterocycles. The van der Waals surface area contributed by atoms with Crippen LogP contribution >= 0.6 is 11.6 Å². The van der Waals surface area contributed by atoms with Crippen molar-refractivity contribution in [2.75, 3.05) is 18.5 Å². The molecular formula is C12H18ClN3O2. The number of aliphatic hydroxyl groups is 1. The molecule has 2 atom stereocenters. The zero-order valence-electron chi connectivity index (χ0n) is 10.6. The van der Waals surface area contributed by atoms with Crippen LogP contribution in [0, 0.1) is 0 Å². The van der Waals surface area contributed by atoms with Crippen LogP contribution < -0.4 is 5.32 Å². The van der Waals surface area contributed by atoms with Gasteiger partial charge in [0.15, 0.2) is 0 Å². The number of anilines is 1. The first-order valence-electron chi connectivity index (χ1n) is 6.15. The van der Waals surface area contributed by atoms with Crippen LogP contribution in [-0.2, 0) is 11.2 Å². The molecule has 2 rings (SSSR count). The number of aromatic nitrogens is 2. The van der Waals surface area contributed by atoms with Crippen LogP contribution in [0.25, 0.3) is 0 Å². The lowest BCUT2D eigenvalue weighted by molar-refractivity contribution is -0.0176. The Morgan fingerprint density at radius 3 is 3.00 bits per heavy atom. The molecule has 0 aliphatic carbocycles. The molecule has 1 aromatic heterocycles. The fraction of sp³-hybridized carbons (Fsp3) is 0.667. The second kappa shape index (κ2) is 5.38. The second-order valence-electron chi connectivity index (χ2n) is 4.57. The summed E-state index contributed by atoms with van der Waals surface area (Å²) in [6, 6.07) is 1.66. The normalized spacial score (nSPS) is 27.4. The molecule has 1 aliphatic heterocycles. The first-order chi connectivity index (χ1) is 8.53. The lowest BCUT2D eigenvalue weighted by Crippen LogP contribution is -2.43. The van der Waals surface area contributed by atoms with Crippen molar-refractivity contribution >= 4 is 17.4 Å². The monoisotopic (exact) mass is 271 g/mol. The summed E-state index contributed by atoms with van der Waals surface area (Å²) < 4.78 is 5.38. The molecule has 0 radical (unpaired) electrons. The first kappa shape index (κ1) is 13.5. The Morgan fingerprint density at radius 2 is 2.39 bits per heavy atom. The van der Waals surface area contributed by atoms with Gasteiger partial charge in [-0.15, -0.1) is 0 Å². The number of nitrogens with one attached hydrogen (secondary N) is 1. The molecule has 1 aromatic rings. The zero-order chi connectivity index (χ0) is 13.2. The van der Waals surface area contributed by atoms with Crippen molar-refractivity contribution in [1.82, 2.24) is 9.97 Å². The molecule has 0 saturated carbocycles. The third kappa shape index (κ3) is 2.91. The topological polar surface area (TPSA) is 67.3 Å². The number of rotatable bonds is 4. The molecule has 2 heterocycles. The maximum atomic E-state index is 10.4. The van der Waals surface area contributed by atoms with Crippen molar-refractivity contribution in [2.45, 2.75) is 38.4 Å². The Kier molecular flexibility index (Phi) is 4.04. The zero-order valence-corrected chi connectivity index (χ0v) is 11.4. The Labute approximate surface area is 112 Å². The summed E-state index contributed by atoms with van der Waals surface area (Å²) in [7, 11) is 0. The van der Waals surface area contributed by atoms with Gasteiger partial charge in [0.25, 0.3) is 0 Å². The summed E-state index contributed by atoms with van der Waals surface area (Å²) >= 11 is 5.91. The van der Waals surface area contributed by atoms with Crippen LogP contribution in [0.1, 0.15) is 26.1 Å². The molecule has 2 unspecified atom stereocenters. The van der Waals surface area contributed by atoms with Gasteiger partial charge in [-0.05, 0) is 6.92 Å². The predicted octanol–water partition coefficient (Wildman–Crippen LogP) is 1.64. The van der Waals surface area contributed by atoms with E-state index in [1.165, 1.54) is 0 Å². The Morgan fingerprint density at radius 1 is 1.61 bits per heavy atom. The Bertz CT molecular complexity index is 430. The van der Waals surface area contributed by atoms with E-state index in [1.54, 1.807) is 6.07 Å². The van der Waals surface area contributed by atoms with Crippen LogP contribution in [0.5, 0.6) is 0 Å². The fourth-order valence-corrected chi connectivity index (χ4v) is 2.16. The highest BCUT2D eigenvalue weighted by atomic mass is 35.5. The minimum absolute atomic E-state index is 0.173. The van der Waals surface area contributed by atoms with Gasteiger partial charge in [0.1, 0.15) is 22.4 Å². The number of nitrogens with zero attached hydrogens (tertiary/aromatic N) is 2. The van der Waals surface area contributed by atoms with E-state index in [1.807, 2.05) is 13.8 Å². The molecule has 100 valence electrons. The standard InChI is InChI=1S/C12H18ClN3O2/c1-3-10-15-9(13)6-11(16-10)14-7-12(17)4-5-18-8(12)2/h6,8,17H,3-5,7H2,1-2H3,(H,14,15,16).